The summed E-state index contributed by atoms with van der Waals surface area (Å²) in [4.78, 5) is 21.9. The van der Waals surface area contributed by atoms with E-state index in [1.165, 1.54) is 51.6 Å². The molecule has 2 aromatic rings. The number of rotatable bonds is 27. The van der Waals surface area contributed by atoms with Crippen LogP contribution >= 0.6 is 0 Å². The Morgan fingerprint density at radius 2 is 0.712 bits per heavy atom. The first-order valence-corrected chi connectivity index (χ1v) is 36.9. The Bertz CT molecular complexity index is 1380. The Balaban J connectivity index is -0.000000153. The second kappa shape index (κ2) is 40.8. The van der Waals surface area contributed by atoms with E-state index in [2.05, 4.69) is 97.4 Å². The van der Waals surface area contributed by atoms with Gasteiger partial charge < -0.3 is 44.2 Å². The van der Waals surface area contributed by atoms with Gasteiger partial charge in [-0.05, 0) is 205 Å². The molecule has 0 saturated heterocycles. The Labute approximate surface area is 416 Å². The number of anilines is 2. The molecule has 0 aliphatic rings. The predicted octanol–water partition coefficient (Wildman–Crippen LogP) is 13.1. The van der Waals surface area contributed by atoms with Crippen LogP contribution in [0.4, 0.5) is 11.4 Å². The molecule has 392 valence electrons. The van der Waals surface area contributed by atoms with E-state index in [-0.39, 0.29) is 56.4 Å². The summed E-state index contributed by atoms with van der Waals surface area (Å²) in [5, 5.41) is 18.3. The maximum Gasteiger partial charge on any atom is 0.340 e. The number of carbonyl (C=O) groups excluding carboxylic acids is 2. The van der Waals surface area contributed by atoms with E-state index in [0.717, 1.165) is 67.2 Å². The molecule has 0 heterocycles. The van der Waals surface area contributed by atoms with Gasteiger partial charge in [-0.15, -0.1) is 6.58 Å². The first kappa shape index (κ1) is 78.1. The summed E-state index contributed by atoms with van der Waals surface area (Å²) < 4.78 is 19.7. The van der Waals surface area contributed by atoms with Crippen LogP contribution in [0.3, 0.4) is 0 Å². The molecule has 0 atom stereocenters. The summed E-state index contributed by atoms with van der Waals surface area (Å²) in [6.45, 7) is 32.2. The average molecular weight is 1020 g/mol. The summed E-state index contributed by atoms with van der Waals surface area (Å²) in [5.74, 6) is -0.146. The molecule has 2 amide bonds. The minimum Gasteiger partial charge on any atom is -0.455 e. The molecule has 0 fully saturated rings. The van der Waals surface area contributed by atoms with Crippen molar-refractivity contribution < 1.29 is 21.9 Å². The van der Waals surface area contributed by atoms with Crippen molar-refractivity contribution >= 4 is 65.0 Å². The number of hydrogen-bond acceptors (Lipinski definition) is 9. The molecule has 0 aliphatic carbocycles. The van der Waals surface area contributed by atoms with Gasteiger partial charge in [-0.25, -0.2) is 0 Å². The van der Waals surface area contributed by atoms with Crippen molar-refractivity contribution in [3.05, 3.63) is 71.9 Å². The summed E-state index contributed by atoms with van der Waals surface area (Å²) in [6, 6.07) is 20.4. The molecule has 0 spiro atoms. The van der Waals surface area contributed by atoms with Gasteiger partial charge in [-0.1, -0.05) is 74.5 Å². The third kappa shape index (κ3) is 40.9. The largest absolute Gasteiger partial charge is 0.455 e. The molecule has 2 aromatic carbocycles. The highest BCUT2D eigenvalue weighted by molar-refractivity contribution is 6.90. The Morgan fingerprint density at radius 1 is 0.470 bits per heavy atom. The molecule has 0 aliphatic heterocycles. The van der Waals surface area contributed by atoms with E-state index in [0.29, 0.717) is 0 Å². The van der Waals surface area contributed by atoms with Crippen molar-refractivity contribution in [2.75, 3.05) is 65.0 Å². The molecule has 0 radical (unpaired) electrons. The lowest BCUT2D eigenvalue weighted by atomic mass is 10.0. The number of hydrogen-bond donors (Lipinski definition) is 6. The van der Waals surface area contributed by atoms with Crippen molar-refractivity contribution in [1.29, 1.82) is 0 Å². The van der Waals surface area contributed by atoms with Gasteiger partial charge in [0.2, 0.25) is 11.8 Å². The van der Waals surface area contributed by atoms with Gasteiger partial charge in [0, 0.05) is 25.2 Å². The van der Waals surface area contributed by atoms with Crippen LogP contribution in [0.5, 0.6) is 0 Å². The number of carbonyl (C=O) groups is 2. The number of benzene rings is 2. The summed E-state index contributed by atoms with van der Waals surface area (Å²) in [5.41, 5.74) is 5.90. The minimum atomic E-state index is -2.27. The van der Waals surface area contributed by atoms with E-state index < -0.39 is 41.8 Å². The molecule has 2 rings (SSSR count). The first-order chi connectivity index (χ1) is 27.9. The fourth-order valence-corrected chi connectivity index (χ4v) is 28.7. The summed E-state index contributed by atoms with van der Waals surface area (Å²) in [7, 11) is -0.497. The van der Waals surface area contributed by atoms with Crippen molar-refractivity contribution in [2.45, 2.75) is 174 Å². The first-order valence-electron chi connectivity index (χ1n) is 22.0. The standard InChI is InChI=1S/C17H18N2O2.C15H38N2O2Si3.C12H32N2OSi2.6CH4/c1-12(20)18-16-7-3-14(4-8-16)11-15-5-9-17(10-6-15)19-13(2)21;1-9-22(8,18-20(4,5)14-10-12-16-2)19-21(6,7)15-11-13-17-3;1-13-9-7-11-16(3,4)15-17(5,6)12-8-10-14-2;;;;;;/h3-10H,11H2,1-2H3,(H,18,20)(H,19,21);9,16-17H,1,10-15H2,2-8H3;13-14H,7-12H2,1-6H3;6*1H4. The molecule has 0 unspecified atom stereocenters. The van der Waals surface area contributed by atoms with E-state index >= 15 is 0 Å². The lowest BCUT2D eigenvalue weighted by Gasteiger charge is -2.39. The second-order valence-corrected chi connectivity index (χ2v) is 39.3. The van der Waals surface area contributed by atoms with E-state index in [4.69, 9.17) is 12.3 Å². The van der Waals surface area contributed by atoms with E-state index in [9.17, 15) is 9.59 Å². The molecule has 0 bridgehead atoms. The fraction of sp³-hybridized carbons (Fsp3) is 0.680. The average Bonchev–Trinajstić information content (AvgIpc) is 3.12. The quantitative estimate of drug-likeness (QED) is 0.0382. The topological polar surface area (TPSA) is 134 Å². The van der Waals surface area contributed by atoms with Gasteiger partial charge >= 0.3 is 8.56 Å². The van der Waals surface area contributed by atoms with Gasteiger partial charge in [-0.3, -0.25) is 9.59 Å². The summed E-state index contributed by atoms with van der Waals surface area (Å²) >= 11 is 0. The molecular formula is C50H112N6O5Si5. The van der Waals surface area contributed by atoms with Gasteiger partial charge in [0.1, 0.15) is 0 Å². The zero-order valence-corrected chi connectivity index (χ0v) is 45.6. The van der Waals surface area contributed by atoms with E-state index in [1.54, 1.807) is 0 Å². The zero-order chi connectivity index (χ0) is 45.9. The van der Waals surface area contributed by atoms with Crippen molar-refractivity contribution in [3.63, 3.8) is 0 Å². The Hall–Kier alpha value is -2.08. The van der Waals surface area contributed by atoms with Crippen LogP contribution in [0.1, 0.15) is 95.2 Å². The predicted molar refractivity (Wildman–Crippen MR) is 313 cm³/mol. The van der Waals surface area contributed by atoms with Crippen molar-refractivity contribution in [2.24, 2.45) is 0 Å². The van der Waals surface area contributed by atoms with Gasteiger partial charge in [0.25, 0.3) is 0 Å². The second-order valence-electron chi connectivity index (χ2n) is 18.3. The van der Waals surface area contributed by atoms with Gasteiger partial charge in [0.05, 0.1) is 0 Å². The molecule has 0 aromatic heterocycles. The zero-order valence-electron chi connectivity index (χ0n) is 40.6. The highest BCUT2D eigenvalue weighted by Gasteiger charge is 2.41. The molecule has 11 nitrogen and oxygen atoms in total. The maximum atomic E-state index is 11.0. The highest BCUT2D eigenvalue weighted by atomic mass is 28.5. The van der Waals surface area contributed by atoms with Gasteiger partial charge in [-0.2, -0.15) is 0 Å². The highest BCUT2D eigenvalue weighted by Crippen LogP contribution is 2.27. The van der Waals surface area contributed by atoms with Crippen molar-refractivity contribution in [1.82, 2.24) is 21.3 Å². The molecule has 0 saturated carbocycles. The third-order valence-electron chi connectivity index (χ3n) is 9.66. The molecule has 66 heavy (non-hydrogen) atoms. The normalized spacial score (nSPS) is 11.0. The van der Waals surface area contributed by atoms with Gasteiger partial charge in [0.15, 0.2) is 33.3 Å². The van der Waals surface area contributed by atoms with Crippen LogP contribution in [0.25, 0.3) is 0 Å². The van der Waals surface area contributed by atoms with Crippen LogP contribution in [-0.2, 0) is 28.4 Å². The SMILES string of the molecule is C.C.C.C.C.C.C=C[Si](C)(O[Si](C)(C)CCCNC)O[Si](C)(C)CCCNC.CC(=O)Nc1ccc(Cc2ccc(NC(C)=O)cc2)cc1.CNCCC[Si](C)(C)O[Si](C)(C)CCCNC. The maximum absolute atomic E-state index is 11.0. The Kier molecular flexibility index (Phi) is 48.3. The number of nitrogens with one attached hydrogen (secondary N) is 6. The number of amides is 2. The van der Waals surface area contributed by atoms with Crippen LogP contribution in [0.15, 0.2) is 60.8 Å². The third-order valence-corrected chi connectivity index (χ3v) is 28.7. The molecule has 6 N–H and O–H groups in total. The smallest absolute Gasteiger partial charge is 0.340 e. The Morgan fingerprint density at radius 3 is 0.924 bits per heavy atom. The van der Waals surface area contributed by atoms with Crippen molar-refractivity contribution in [3.8, 4) is 0 Å². The lowest BCUT2D eigenvalue weighted by Crippen LogP contribution is -2.53. The van der Waals surface area contributed by atoms with Crippen LogP contribution in [-0.4, -0.2) is 108 Å². The van der Waals surface area contributed by atoms with Crippen LogP contribution < -0.4 is 31.9 Å². The van der Waals surface area contributed by atoms with Crippen LogP contribution in [0, 0.1) is 0 Å². The molecule has 16 heteroatoms. The fourth-order valence-electron chi connectivity index (χ4n) is 6.97. The molecular weight excluding hydrogens is 905 g/mol. The van der Waals surface area contributed by atoms with Crippen LogP contribution in [0.2, 0.25) is 83.1 Å². The lowest BCUT2D eigenvalue weighted by molar-refractivity contribution is -0.115. The van der Waals surface area contributed by atoms with E-state index in [1.807, 2.05) is 82.4 Å². The monoisotopic (exact) mass is 1020 g/mol. The summed E-state index contributed by atoms with van der Waals surface area (Å²) in [6.07, 6.45) is 5.63. The minimum absolute atomic E-state index is 0.